The number of benzene rings is 1. The topological polar surface area (TPSA) is 89.3 Å². The van der Waals surface area contributed by atoms with Crippen molar-refractivity contribution in [2.24, 2.45) is 0 Å². The van der Waals surface area contributed by atoms with E-state index in [0.29, 0.717) is 35.0 Å². The summed E-state index contributed by atoms with van der Waals surface area (Å²) in [6.45, 7) is 0. The zero-order chi connectivity index (χ0) is 15.9. The van der Waals surface area contributed by atoms with Crippen LogP contribution in [0.3, 0.4) is 0 Å². The van der Waals surface area contributed by atoms with Crippen molar-refractivity contribution >= 4 is 50.5 Å². The first kappa shape index (κ1) is 18.1. The van der Waals surface area contributed by atoms with Gasteiger partial charge in [0.2, 0.25) is 5.91 Å². The third kappa shape index (κ3) is 8.18. The van der Waals surface area contributed by atoms with Crippen molar-refractivity contribution in [1.82, 2.24) is 0 Å². The third-order valence-corrected chi connectivity index (χ3v) is 5.09. The molecule has 21 heavy (non-hydrogen) atoms. The van der Waals surface area contributed by atoms with E-state index in [4.69, 9.17) is 17.3 Å². The average Bonchev–Trinajstić information content (AvgIpc) is 2.36. The molecular formula is C13H19ClN2O3S2. The van der Waals surface area contributed by atoms with Crippen LogP contribution in [0.15, 0.2) is 18.2 Å². The lowest BCUT2D eigenvalue weighted by Gasteiger charge is -2.08. The Hall–Kier alpha value is -0.920. The zero-order valence-corrected chi connectivity index (χ0v) is 14.2. The van der Waals surface area contributed by atoms with Crippen molar-refractivity contribution in [1.29, 1.82) is 0 Å². The van der Waals surface area contributed by atoms with Crippen molar-refractivity contribution in [2.75, 3.05) is 34.6 Å². The van der Waals surface area contributed by atoms with E-state index < -0.39 is 9.84 Å². The molecule has 0 aromatic heterocycles. The van der Waals surface area contributed by atoms with Gasteiger partial charge in [-0.3, -0.25) is 4.79 Å². The van der Waals surface area contributed by atoms with E-state index in [9.17, 15) is 13.2 Å². The second kappa shape index (κ2) is 8.51. The van der Waals surface area contributed by atoms with Crippen LogP contribution < -0.4 is 11.1 Å². The molecule has 0 saturated carbocycles. The number of sulfone groups is 1. The number of thioether (sulfide) groups is 1. The lowest BCUT2D eigenvalue weighted by Crippen LogP contribution is -2.13. The fourth-order valence-corrected chi connectivity index (χ4v) is 3.92. The van der Waals surface area contributed by atoms with Crippen LogP contribution in [0.2, 0.25) is 5.02 Å². The lowest BCUT2D eigenvalue weighted by atomic mass is 10.2. The van der Waals surface area contributed by atoms with Gasteiger partial charge in [0, 0.05) is 23.5 Å². The summed E-state index contributed by atoms with van der Waals surface area (Å²) in [5.74, 6) is 1.36. The second-order valence-corrected chi connectivity index (χ2v) is 8.55. The van der Waals surface area contributed by atoms with E-state index >= 15 is 0 Å². The molecule has 0 unspecified atom stereocenters. The molecule has 0 radical (unpaired) electrons. The standard InChI is InChI=1S/C13H19ClN2O3S2/c1-21(18,19)8-7-20-6-2-3-13(17)16-12-5-4-10(14)9-11(12)15/h4-5,9H,2-3,6-8,15H2,1H3,(H,16,17). The maximum atomic E-state index is 11.7. The zero-order valence-electron chi connectivity index (χ0n) is 11.8. The number of hydrogen-bond acceptors (Lipinski definition) is 5. The van der Waals surface area contributed by atoms with Crippen molar-refractivity contribution in [3.8, 4) is 0 Å². The molecule has 1 rings (SSSR count). The lowest BCUT2D eigenvalue weighted by molar-refractivity contribution is -0.116. The summed E-state index contributed by atoms with van der Waals surface area (Å²) in [7, 11) is -2.90. The fourth-order valence-electron chi connectivity index (χ4n) is 1.51. The molecule has 5 nitrogen and oxygen atoms in total. The summed E-state index contributed by atoms with van der Waals surface area (Å²) in [6, 6.07) is 4.91. The first-order valence-corrected chi connectivity index (χ1v) is 9.97. The molecule has 118 valence electrons. The Morgan fingerprint density at radius 2 is 2.10 bits per heavy atom. The summed E-state index contributed by atoms with van der Waals surface area (Å²) in [5.41, 5.74) is 6.72. The van der Waals surface area contributed by atoms with Gasteiger partial charge in [-0.2, -0.15) is 11.8 Å². The third-order valence-electron chi connectivity index (χ3n) is 2.58. The molecule has 0 aliphatic carbocycles. The second-order valence-electron chi connectivity index (χ2n) is 4.63. The van der Waals surface area contributed by atoms with Crippen LogP contribution in [0, 0.1) is 0 Å². The van der Waals surface area contributed by atoms with Gasteiger partial charge in [0.25, 0.3) is 0 Å². The molecule has 0 aliphatic rings. The Morgan fingerprint density at radius 3 is 2.71 bits per heavy atom. The van der Waals surface area contributed by atoms with Gasteiger partial charge in [-0.05, 0) is 30.4 Å². The van der Waals surface area contributed by atoms with E-state index in [1.54, 1.807) is 18.2 Å². The number of carbonyl (C=O) groups is 1. The fraction of sp³-hybridized carbons (Fsp3) is 0.462. The minimum Gasteiger partial charge on any atom is -0.397 e. The number of rotatable bonds is 8. The number of hydrogen-bond donors (Lipinski definition) is 2. The highest BCUT2D eigenvalue weighted by atomic mass is 35.5. The van der Waals surface area contributed by atoms with Gasteiger partial charge in [0.05, 0.1) is 17.1 Å². The summed E-state index contributed by atoms with van der Waals surface area (Å²) >= 11 is 7.31. The Balaban J connectivity index is 2.22. The maximum absolute atomic E-state index is 11.7. The minimum absolute atomic E-state index is 0.118. The molecule has 1 aromatic carbocycles. The molecule has 8 heteroatoms. The SMILES string of the molecule is CS(=O)(=O)CCSCCCC(=O)Nc1ccc(Cl)cc1N. The molecule has 1 aromatic rings. The highest BCUT2D eigenvalue weighted by Gasteiger charge is 2.06. The number of amides is 1. The number of anilines is 2. The average molecular weight is 351 g/mol. The first-order chi connectivity index (χ1) is 9.78. The summed E-state index contributed by atoms with van der Waals surface area (Å²) < 4.78 is 21.9. The molecule has 1 amide bonds. The van der Waals surface area contributed by atoms with Crippen LogP contribution in [-0.2, 0) is 14.6 Å². The molecule has 0 saturated heterocycles. The summed E-state index contributed by atoms with van der Waals surface area (Å²) in [5, 5.41) is 3.25. The van der Waals surface area contributed by atoms with Gasteiger partial charge in [0.1, 0.15) is 9.84 Å². The van der Waals surface area contributed by atoms with Crippen LogP contribution in [0.25, 0.3) is 0 Å². The number of nitrogens with one attached hydrogen (secondary N) is 1. The highest BCUT2D eigenvalue weighted by Crippen LogP contribution is 2.22. The molecule has 0 aliphatic heterocycles. The van der Waals surface area contributed by atoms with Crippen LogP contribution in [0.5, 0.6) is 0 Å². The quantitative estimate of drug-likeness (QED) is 0.555. The van der Waals surface area contributed by atoms with Gasteiger partial charge in [0.15, 0.2) is 0 Å². The predicted molar refractivity (Wildman–Crippen MR) is 90.8 cm³/mol. The summed E-state index contributed by atoms with van der Waals surface area (Å²) in [4.78, 5) is 11.7. The molecule has 0 spiro atoms. The van der Waals surface area contributed by atoms with Gasteiger partial charge >= 0.3 is 0 Å². The number of carbonyl (C=O) groups excluding carboxylic acids is 1. The Morgan fingerprint density at radius 1 is 1.38 bits per heavy atom. The van der Waals surface area contributed by atoms with Crippen LogP contribution in [0.4, 0.5) is 11.4 Å². The molecular weight excluding hydrogens is 332 g/mol. The monoisotopic (exact) mass is 350 g/mol. The van der Waals surface area contributed by atoms with Crippen LogP contribution in [-0.4, -0.2) is 37.8 Å². The molecule has 3 N–H and O–H groups in total. The van der Waals surface area contributed by atoms with Crippen molar-refractivity contribution in [3.63, 3.8) is 0 Å². The predicted octanol–water partition coefficient (Wildman–Crippen LogP) is 2.42. The maximum Gasteiger partial charge on any atom is 0.224 e. The number of nitrogens with two attached hydrogens (primary N) is 1. The van der Waals surface area contributed by atoms with E-state index in [-0.39, 0.29) is 11.7 Å². The smallest absolute Gasteiger partial charge is 0.224 e. The highest BCUT2D eigenvalue weighted by molar-refractivity contribution is 8.00. The van der Waals surface area contributed by atoms with Crippen LogP contribution in [0.1, 0.15) is 12.8 Å². The van der Waals surface area contributed by atoms with E-state index in [1.165, 1.54) is 18.0 Å². The molecule has 0 fully saturated rings. The summed E-state index contributed by atoms with van der Waals surface area (Å²) in [6.07, 6.45) is 2.28. The van der Waals surface area contributed by atoms with Gasteiger partial charge in [-0.1, -0.05) is 11.6 Å². The van der Waals surface area contributed by atoms with Gasteiger partial charge in [-0.25, -0.2) is 8.42 Å². The first-order valence-electron chi connectivity index (χ1n) is 6.38. The van der Waals surface area contributed by atoms with Crippen molar-refractivity contribution in [2.45, 2.75) is 12.8 Å². The Kier molecular flexibility index (Phi) is 7.34. The molecule has 0 atom stereocenters. The minimum atomic E-state index is -2.90. The van der Waals surface area contributed by atoms with Crippen molar-refractivity contribution in [3.05, 3.63) is 23.2 Å². The number of halogens is 1. The Bertz CT molecular complexity index is 591. The largest absolute Gasteiger partial charge is 0.397 e. The van der Waals surface area contributed by atoms with E-state index in [0.717, 1.165) is 5.75 Å². The Labute approximate surface area is 134 Å². The number of nitrogen functional groups attached to an aromatic ring is 1. The van der Waals surface area contributed by atoms with Crippen molar-refractivity contribution < 1.29 is 13.2 Å². The van der Waals surface area contributed by atoms with E-state index in [1.807, 2.05) is 0 Å². The van der Waals surface area contributed by atoms with Gasteiger partial charge < -0.3 is 11.1 Å². The van der Waals surface area contributed by atoms with Gasteiger partial charge in [-0.15, -0.1) is 0 Å². The van der Waals surface area contributed by atoms with Crippen LogP contribution >= 0.6 is 23.4 Å². The normalized spacial score (nSPS) is 11.3. The molecule has 0 bridgehead atoms. The van der Waals surface area contributed by atoms with E-state index in [2.05, 4.69) is 5.32 Å². The molecule has 0 heterocycles.